The van der Waals surface area contributed by atoms with Gasteiger partial charge in [-0.2, -0.15) is 0 Å². The van der Waals surface area contributed by atoms with Crippen LogP contribution >= 0.6 is 0 Å². The average Bonchev–Trinajstić information content (AvgIpc) is 3.33. The van der Waals surface area contributed by atoms with Crippen LogP contribution in [-0.4, -0.2) is 39.8 Å². The molecule has 0 aliphatic carbocycles. The van der Waals surface area contributed by atoms with Crippen LogP contribution in [0.2, 0.25) is 0 Å². The van der Waals surface area contributed by atoms with Crippen LogP contribution in [0.1, 0.15) is 15.9 Å². The first-order chi connectivity index (χ1) is 20.2. The fourth-order valence-electron chi connectivity index (χ4n) is 4.19. The van der Waals surface area contributed by atoms with E-state index in [0.29, 0.717) is 33.7 Å². The molecular weight excluding hydrogens is 548 g/mol. The van der Waals surface area contributed by atoms with Gasteiger partial charge in [-0.15, -0.1) is 5.10 Å². The number of hydrogen-bond acceptors (Lipinski definition) is 10. The Labute approximate surface area is 237 Å². The first kappa shape index (κ1) is 27.6. The second kappa shape index (κ2) is 11.6. The SMILES string of the molecule is COc1ccc(Oc2ccc([N+](=O)[O-])cc2C(=O)Oc2nn(Cc3cccc([N+](=O)[O-])c3)c3ccc(OC)cc23)cc1. The molecule has 0 amide bonds. The molecule has 0 saturated carbocycles. The molecule has 13 nitrogen and oxygen atoms in total. The number of hydrogen-bond donors (Lipinski definition) is 0. The number of non-ortho nitro benzene ring substituents is 2. The topological polar surface area (TPSA) is 158 Å². The van der Waals surface area contributed by atoms with E-state index in [9.17, 15) is 25.0 Å². The third-order valence-corrected chi connectivity index (χ3v) is 6.25. The zero-order valence-electron chi connectivity index (χ0n) is 22.3. The summed E-state index contributed by atoms with van der Waals surface area (Å²) in [5.41, 5.74) is 0.526. The fraction of sp³-hybridized carbons (Fsp3) is 0.103. The molecule has 0 atom stereocenters. The number of fused-ring (bicyclic) bond motifs is 1. The van der Waals surface area contributed by atoms with E-state index in [1.54, 1.807) is 54.6 Å². The minimum Gasteiger partial charge on any atom is -0.497 e. The summed E-state index contributed by atoms with van der Waals surface area (Å²) in [5.74, 6) is 0.388. The summed E-state index contributed by atoms with van der Waals surface area (Å²) < 4.78 is 23.5. The maximum Gasteiger partial charge on any atom is 0.349 e. The molecule has 5 aromatic rings. The van der Waals surface area contributed by atoms with Crippen LogP contribution in [0.4, 0.5) is 11.4 Å². The molecule has 5 rings (SSSR count). The molecule has 0 N–H and O–H groups in total. The van der Waals surface area contributed by atoms with Crippen molar-refractivity contribution in [2.24, 2.45) is 0 Å². The van der Waals surface area contributed by atoms with Crippen molar-refractivity contribution in [3.8, 4) is 28.9 Å². The van der Waals surface area contributed by atoms with Gasteiger partial charge in [0.1, 0.15) is 28.6 Å². The zero-order chi connectivity index (χ0) is 29.8. The Kier molecular flexibility index (Phi) is 7.64. The Morgan fingerprint density at radius 3 is 2.17 bits per heavy atom. The summed E-state index contributed by atoms with van der Waals surface area (Å²) in [6.45, 7) is 0.130. The number of aromatic nitrogens is 2. The van der Waals surface area contributed by atoms with Crippen LogP contribution < -0.4 is 18.9 Å². The van der Waals surface area contributed by atoms with Gasteiger partial charge in [0.25, 0.3) is 11.4 Å². The van der Waals surface area contributed by atoms with Gasteiger partial charge in [0, 0.05) is 24.3 Å². The Bertz CT molecular complexity index is 1820. The van der Waals surface area contributed by atoms with Gasteiger partial charge in [-0.3, -0.25) is 24.9 Å². The van der Waals surface area contributed by atoms with Crippen LogP contribution in [0.5, 0.6) is 28.9 Å². The van der Waals surface area contributed by atoms with Crippen LogP contribution in [-0.2, 0) is 6.54 Å². The highest BCUT2D eigenvalue weighted by molar-refractivity contribution is 5.97. The van der Waals surface area contributed by atoms with E-state index in [0.717, 1.165) is 6.07 Å². The summed E-state index contributed by atoms with van der Waals surface area (Å²) >= 11 is 0. The molecule has 212 valence electrons. The fourth-order valence-corrected chi connectivity index (χ4v) is 4.19. The predicted octanol–water partition coefficient (Wildman–Crippen LogP) is 5.93. The van der Waals surface area contributed by atoms with Crippen LogP contribution in [0, 0.1) is 20.2 Å². The number of methoxy groups -OCH3 is 2. The van der Waals surface area contributed by atoms with Crippen molar-refractivity contribution in [2.75, 3.05) is 14.2 Å². The molecule has 13 heteroatoms. The van der Waals surface area contributed by atoms with Crippen LogP contribution in [0.15, 0.2) is 84.9 Å². The van der Waals surface area contributed by atoms with Gasteiger partial charge < -0.3 is 18.9 Å². The number of nitro benzene ring substituents is 2. The van der Waals surface area contributed by atoms with Gasteiger partial charge in [-0.25, -0.2) is 4.79 Å². The standard InChI is InChI=1S/C29H22N4O9/c1-39-21-7-9-22(10-8-21)41-27-13-6-20(33(37)38)15-25(27)29(34)42-28-24-16-23(40-2)11-12-26(24)31(30-28)17-18-4-3-5-19(14-18)32(35)36/h3-16H,17H2,1-2H3. The minimum atomic E-state index is -0.952. The molecule has 4 aromatic carbocycles. The Hall–Kier alpha value is -5.98. The number of ether oxygens (including phenoxy) is 4. The van der Waals surface area contributed by atoms with E-state index in [2.05, 4.69) is 5.10 Å². The summed E-state index contributed by atoms with van der Waals surface area (Å²) in [7, 11) is 3.00. The van der Waals surface area contributed by atoms with Crippen molar-refractivity contribution in [2.45, 2.75) is 6.54 Å². The Balaban J connectivity index is 1.52. The quantitative estimate of drug-likeness (QED) is 0.112. The molecule has 1 aromatic heterocycles. The molecule has 0 bridgehead atoms. The number of nitro groups is 2. The van der Waals surface area contributed by atoms with E-state index in [1.807, 2.05) is 0 Å². The summed E-state index contributed by atoms with van der Waals surface area (Å²) in [6.07, 6.45) is 0. The smallest absolute Gasteiger partial charge is 0.349 e. The maximum atomic E-state index is 13.5. The van der Waals surface area contributed by atoms with Crippen molar-refractivity contribution in [1.29, 1.82) is 0 Å². The minimum absolute atomic E-state index is 0.0219. The largest absolute Gasteiger partial charge is 0.497 e. The predicted molar refractivity (Wildman–Crippen MR) is 150 cm³/mol. The number of benzene rings is 4. The van der Waals surface area contributed by atoms with Gasteiger partial charge in [0.2, 0.25) is 5.88 Å². The molecule has 0 saturated heterocycles. The highest BCUT2D eigenvalue weighted by Gasteiger charge is 2.23. The normalized spacial score (nSPS) is 10.7. The van der Waals surface area contributed by atoms with E-state index in [-0.39, 0.29) is 35.1 Å². The third kappa shape index (κ3) is 5.79. The number of esters is 1. The van der Waals surface area contributed by atoms with Gasteiger partial charge in [0.05, 0.1) is 41.5 Å². The molecule has 0 unspecified atom stereocenters. The van der Waals surface area contributed by atoms with Crippen molar-refractivity contribution < 1.29 is 33.6 Å². The zero-order valence-corrected chi connectivity index (χ0v) is 22.3. The number of rotatable bonds is 10. The van der Waals surface area contributed by atoms with Crippen molar-refractivity contribution in [3.05, 3.63) is 116 Å². The van der Waals surface area contributed by atoms with Crippen molar-refractivity contribution >= 4 is 28.2 Å². The first-order valence-electron chi connectivity index (χ1n) is 12.4. The molecule has 0 fully saturated rings. The van der Waals surface area contributed by atoms with Gasteiger partial charge in [-0.1, -0.05) is 12.1 Å². The van der Waals surface area contributed by atoms with Crippen molar-refractivity contribution in [3.63, 3.8) is 0 Å². The van der Waals surface area contributed by atoms with Gasteiger partial charge in [0.15, 0.2) is 0 Å². The molecule has 1 heterocycles. The molecule has 0 radical (unpaired) electrons. The van der Waals surface area contributed by atoms with Crippen LogP contribution in [0.3, 0.4) is 0 Å². The average molecular weight is 571 g/mol. The van der Waals surface area contributed by atoms with E-state index >= 15 is 0 Å². The van der Waals surface area contributed by atoms with E-state index in [1.165, 1.54) is 43.2 Å². The lowest BCUT2D eigenvalue weighted by atomic mass is 10.1. The Morgan fingerprint density at radius 2 is 1.48 bits per heavy atom. The molecule has 0 aliphatic heterocycles. The molecule has 42 heavy (non-hydrogen) atoms. The highest BCUT2D eigenvalue weighted by Crippen LogP contribution is 2.33. The third-order valence-electron chi connectivity index (χ3n) is 6.25. The number of carbonyl (C=O) groups excluding carboxylic acids is 1. The lowest BCUT2D eigenvalue weighted by molar-refractivity contribution is -0.385. The number of carbonyl (C=O) groups is 1. The molecule has 0 spiro atoms. The second-order valence-electron chi connectivity index (χ2n) is 8.88. The molecule has 0 aliphatic rings. The second-order valence-corrected chi connectivity index (χ2v) is 8.88. The summed E-state index contributed by atoms with van der Waals surface area (Å²) in [5, 5.41) is 27.6. The first-order valence-corrected chi connectivity index (χ1v) is 12.4. The van der Waals surface area contributed by atoms with Crippen molar-refractivity contribution in [1.82, 2.24) is 9.78 Å². The maximum absolute atomic E-state index is 13.5. The Morgan fingerprint density at radius 1 is 0.810 bits per heavy atom. The summed E-state index contributed by atoms with van der Waals surface area (Å²) in [6, 6.07) is 21.2. The highest BCUT2D eigenvalue weighted by atomic mass is 16.6. The summed E-state index contributed by atoms with van der Waals surface area (Å²) in [4.78, 5) is 35.1. The molecular formula is C29H22N4O9. The lowest BCUT2D eigenvalue weighted by Gasteiger charge is -2.11. The van der Waals surface area contributed by atoms with Crippen LogP contribution in [0.25, 0.3) is 10.9 Å². The number of nitrogens with zero attached hydrogens (tertiary/aromatic N) is 4. The van der Waals surface area contributed by atoms with E-state index < -0.39 is 15.8 Å². The van der Waals surface area contributed by atoms with E-state index in [4.69, 9.17) is 18.9 Å². The lowest BCUT2D eigenvalue weighted by Crippen LogP contribution is -2.11. The van der Waals surface area contributed by atoms with Gasteiger partial charge in [-0.05, 0) is 54.1 Å². The monoisotopic (exact) mass is 570 g/mol. The van der Waals surface area contributed by atoms with Gasteiger partial charge >= 0.3 is 5.97 Å².